The predicted molar refractivity (Wildman–Crippen MR) is 144 cm³/mol. The van der Waals surface area contributed by atoms with Gasteiger partial charge in [-0.15, -0.1) is 46.8 Å². The average Bonchev–Trinajstić information content (AvgIpc) is 3.52. The second-order valence-electron chi connectivity index (χ2n) is 10.3. The van der Waals surface area contributed by atoms with Crippen molar-refractivity contribution in [3.05, 3.63) is 60.2 Å². The Morgan fingerprint density at radius 3 is 2.06 bits per heavy atom. The molecule has 0 amide bonds. The van der Waals surface area contributed by atoms with Crippen molar-refractivity contribution < 1.29 is 46.5 Å². The van der Waals surface area contributed by atoms with E-state index in [0.717, 1.165) is 23.7 Å². The van der Waals surface area contributed by atoms with Crippen molar-refractivity contribution in [2.75, 3.05) is 0 Å². The van der Waals surface area contributed by atoms with Crippen molar-refractivity contribution in [2.24, 2.45) is 5.92 Å². The maximum atomic E-state index is 3.35. The van der Waals surface area contributed by atoms with Crippen LogP contribution >= 0.6 is 7.92 Å². The molecule has 2 aromatic rings. The van der Waals surface area contributed by atoms with Gasteiger partial charge in [0.05, 0.1) is 0 Å². The first-order valence-electron chi connectivity index (χ1n) is 13.5. The fourth-order valence-electron chi connectivity index (χ4n) is 6.07. The van der Waals surface area contributed by atoms with Gasteiger partial charge in [-0.3, -0.25) is 6.08 Å². The number of fused-ring (bicyclic) bond motifs is 1. The minimum Gasteiger partial charge on any atom is -1.00 e. The molecular formula is C31H43Cl2PTi. The Bertz CT molecular complexity index is 839. The van der Waals surface area contributed by atoms with E-state index in [1.165, 1.54) is 93.4 Å². The van der Waals surface area contributed by atoms with Crippen molar-refractivity contribution in [3.63, 3.8) is 0 Å². The van der Waals surface area contributed by atoms with E-state index in [-0.39, 0.29) is 54.5 Å². The van der Waals surface area contributed by atoms with Gasteiger partial charge in [0.1, 0.15) is 0 Å². The Labute approximate surface area is 244 Å². The number of hydrogen-bond acceptors (Lipinski definition) is 0. The quantitative estimate of drug-likeness (QED) is 0.286. The summed E-state index contributed by atoms with van der Waals surface area (Å²) < 4.78 is 0. The maximum absolute atomic E-state index is 3.35. The van der Waals surface area contributed by atoms with Crippen LogP contribution in [-0.2, 0) is 21.7 Å². The second-order valence-corrected chi connectivity index (χ2v) is 13.1. The number of halogens is 2. The predicted octanol–water partition coefficient (Wildman–Crippen LogP) is 3.45. The fourth-order valence-corrected chi connectivity index (χ4v) is 9.93. The molecular weight excluding hydrogens is 522 g/mol. The Morgan fingerprint density at radius 1 is 0.943 bits per heavy atom. The molecule has 3 aliphatic carbocycles. The molecule has 5 rings (SSSR count). The normalized spacial score (nSPS) is 19.1. The van der Waals surface area contributed by atoms with Gasteiger partial charge in [-0.05, 0) is 43.4 Å². The first-order valence-corrected chi connectivity index (χ1v) is 15.0. The van der Waals surface area contributed by atoms with Crippen LogP contribution in [-0.4, -0.2) is 11.3 Å². The molecule has 35 heavy (non-hydrogen) atoms. The largest absolute Gasteiger partial charge is 4.00 e. The molecule has 2 aromatic carbocycles. The van der Waals surface area contributed by atoms with Crippen LogP contribution in [0.15, 0.2) is 54.1 Å². The van der Waals surface area contributed by atoms with Crippen LogP contribution in [0.4, 0.5) is 0 Å². The van der Waals surface area contributed by atoms with Crippen LogP contribution in [0.2, 0.25) is 0 Å². The van der Waals surface area contributed by atoms with Crippen LogP contribution in [0.5, 0.6) is 0 Å². The van der Waals surface area contributed by atoms with E-state index in [9.17, 15) is 0 Å². The first-order chi connectivity index (χ1) is 15.8. The third-order valence-corrected chi connectivity index (χ3v) is 11.3. The van der Waals surface area contributed by atoms with Gasteiger partial charge in [-0.25, -0.2) is 11.6 Å². The van der Waals surface area contributed by atoms with Gasteiger partial charge in [-0.1, -0.05) is 78.7 Å². The smallest absolute Gasteiger partial charge is 1.00 e. The third-order valence-electron chi connectivity index (χ3n) is 7.81. The monoisotopic (exact) mass is 564 g/mol. The molecule has 2 saturated carbocycles. The van der Waals surface area contributed by atoms with E-state index in [2.05, 4.69) is 68.5 Å². The van der Waals surface area contributed by atoms with E-state index in [0.29, 0.717) is 0 Å². The SMILES string of the molecule is CCCC(C)C1=[C-]CC=C1.[Cl-].[Cl-].[Ti+4].c1ccc2[cH-]c(P(C3CCCCC3)C3CCCCC3)cc2c1. The first kappa shape index (κ1) is 33.1. The van der Waals surface area contributed by atoms with Gasteiger partial charge < -0.3 is 24.8 Å². The molecule has 0 heterocycles. The number of rotatable bonds is 6. The number of hydrogen-bond donors (Lipinski definition) is 0. The summed E-state index contributed by atoms with van der Waals surface area (Å²) in [6, 6.07) is 14.1. The van der Waals surface area contributed by atoms with Crippen LogP contribution in [0.3, 0.4) is 0 Å². The van der Waals surface area contributed by atoms with Gasteiger partial charge in [-0.2, -0.15) is 12.1 Å². The minimum absolute atomic E-state index is 0. The summed E-state index contributed by atoms with van der Waals surface area (Å²) >= 11 is 0. The number of allylic oxidation sites excluding steroid dienone is 4. The zero-order chi connectivity index (χ0) is 22.2. The van der Waals surface area contributed by atoms with Gasteiger partial charge in [0.15, 0.2) is 0 Å². The van der Waals surface area contributed by atoms with Crippen molar-refractivity contribution in [1.82, 2.24) is 0 Å². The van der Waals surface area contributed by atoms with Gasteiger partial charge >= 0.3 is 21.7 Å². The molecule has 1 atom stereocenters. The van der Waals surface area contributed by atoms with E-state index >= 15 is 0 Å². The zero-order valence-corrected chi connectivity index (χ0v) is 25.7. The average molecular weight is 565 g/mol. The molecule has 0 N–H and O–H groups in total. The van der Waals surface area contributed by atoms with Crippen LogP contribution < -0.4 is 30.1 Å². The molecule has 2 fully saturated rings. The standard InChI is InChI=1S/C21H28P.C10H15.2ClH.Ti/c1-3-11-19(12-4-1)22(20-13-5-2-6-14-20)21-15-17-9-7-8-10-18(17)16-21;1-3-6-9(2)10-7-4-5-8-10;;;/h7-10,15-16,19-20H,1-6,11-14H2;4,7,9H,3,5-6H2,1-2H3;2*1H;/q2*-1;;;+4/p-2. The van der Waals surface area contributed by atoms with Crippen molar-refractivity contribution in [1.29, 1.82) is 0 Å². The molecule has 190 valence electrons. The molecule has 0 aromatic heterocycles. The third kappa shape index (κ3) is 9.38. The van der Waals surface area contributed by atoms with Gasteiger partial charge in [0.25, 0.3) is 0 Å². The van der Waals surface area contributed by atoms with Crippen LogP contribution in [0.25, 0.3) is 10.8 Å². The Morgan fingerprint density at radius 2 is 1.54 bits per heavy atom. The second kappa shape index (κ2) is 17.5. The summed E-state index contributed by atoms with van der Waals surface area (Å²) in [5.74, 6) is 0.726. The topological polar surface area (TPSA) is 0 Å². The minimum atomic E-state index is 0. The summed E-state index contributed by atoms with van der Waals surface area (Å²) in [5, 5.41) is 4.67. The van der Waals surface area contributed by atoms with Gasteiger partial charge in [0.2, 0.25) is 0 Å². The molecule has 0 nitrogen and oxygen atoms in total. The van der Waals surface area contributed by atoms with Crippen molar-refractivity contribution in [3.8, 4) is 0 Å². The molecule has 4 heteroatoms. The zero-order valence-electron chi connectivity index (χ0n) is 21.7. The Kier molecular flexibility index (Phi) is 16.6. The molecule has 0 spiro atoms. The van der Waals surface area contributed by atoms with Crippen LogP contribution in [0.1, 0.15) is 97.3 Å². The summed E-state index contributed by atoms with van der Waals surface area (Å²) in [6.45, 7) is 4.51. The summed E-state index contributed by atoms with van der Waals surface area (Å²) in [7, 11) is 0.0611. The maximum Gasteiger partial charge on any atom is 4.00 e. The van der Waals surface area contributed by atoms with Crippen LogP contribution in [0, 0.1) is 12.0 Å². The van der Waals surface area contributed by atoms with E-state index in [4.69, 9.17) is 0 Å². The molecule has 1 unspecified atom stereocenters. The van der Waals surface area contributed by atoms with E-state index < -0.39 is 0 Å². The van der Waals surface area contributed by atoms with Gasteiger partial charge in [0, 0.05) is 0 Å². The number of benzene rings is 1. The summed E-state index contributed by atoms with van der Waals surface area (Å²) in [4.78, 5) is 0. The Hall–Kier alpha value is 0.0343. The van der Waals surface area contributed by atoms with Crippen molar-refractivity contribution >= 4 is 24.0 Å². The van der Waals surface area contributed by atoms with E-state index in [1.807, 2.05) is 0 Å². The fraction of sp³-hybridized carbons (Fsp3) is 0.581. The summed E-state index contributed by atoms with van der Waals surface area (Å²) in [6.07, 6.45) is 26.2. The molecule has 0 saturated heterocycles. The molecule has 0 aliphatic heterocycles. The molecule has 0 bridgehead atoms. The summed E-state index contributed by atoms with van der Waals surface area (Å²) in [5.41, 5.74) is 3.45. The van der Waals surface area contributed by atoms with E-state index in [1.54, 1.807) is 5.30 Å². The Balaban J connectivity index is 0.000000407. The van der Waals surface area contributed by atoms with Crippen molar-refractivity contribution in [2.45, 2.75) is 109 Å². The molecule has 3 aliphatic rings. The molecule has 0 radical (unpaired) electrons.